The molecule has 1 aliphatic heterocycles. The standard InChI is InChI=1S/C10H15BrN2O2/c1-13-9(8(11)7-12-13)10(14)3-2-5-15-6-4-10/h7,14H,2-6H2,1H3. The van der Waals surface area contributed by atoms with E-state index in [-0.39, 0.29) is 0 Å². The third kappa shape index (κ3) is 2.09. The van der Waals surface area contributed by atoms with Gasteiger partial charge in [0.15, 0.2) is 0 Å². The van der Waals surface area contributed by atoms with Crippen LogP contribution in [-0.2, 0) is 17.4 Å². The van der Waals surface area contributed by atoms with Crippen molar-refractivity contribution in [2.75, 3.05) is 13.2 Å². The Morgan fingerprint density at radius 2 is 2.33 bits per heavy atom. The van der Waals surface area contributed by atoms with Crippen LogP contribution in [0.4, 0.5) is 0 Å². The van der Waals surface area contributed by atoms with Crippen LogP contribution >= 0.6 is 15.9 Å². The molecule has 84 valence electrons. The molecule has 4 nitrogen and oxygen atoms in total. The van der Waals surface area contributed by atoms with Crippen molar-refractivity contribution in [2.24, 2.45) is 7.05 Å². The summed E-state index contributed by atoms with van der Waals surface area (Å²) in [5, 5.41) is 14.7. The molecular weight excluding hydrogens is 260 g/mol. The summed E-state index contributed by atoms with van der Waals surface area (Å²) in [6.07, 6.45) is 3.96. The van der Waals surface area contributed by atoms with Gasteiger partial charge in [0.25, 0.3) is 0 Å². The second-order valence-corrected chi connectivity index (χ2v) is 4.82. The van der Waals surface area contributed by atoms with Gasteiger partial charge in [0.05, 0.1) is 16.4 Å². The monoisotopic (exact) mass is 274 g/mol. The molecular formula is C10H15BrN2O2. The molecule has 1 aromatic rings. The van der Waals surface area contributed by atoms with Crippen LogP contribution in [0.25, 0.3) is 0 Å². The summed E-state index contributed by atoms with van der Waals surface area (Å²) in [7, 11) is 1.85. The van der Waals surface area contributed by atoms with E-state index in [4.69, 9.17) is 4.74 Å². The van der Waals surface area contributed by atoms with Gasteiger partial charge in [-0.25, -0.2) is 0 Å². The number of aliphatic hydroxyl groups is 1. The van der Waals surface area contributed by atoms with Crippen LogP contribution in [0.1, 0.15) is 25.0 Å². The van der Waals surface area contributed by atoms with Crippen molar-refractivity contribution in [3.05, 3.63) is 16.4 Å². The lowest BCUT2D eigenvalue weighted by atomic mass is 9.91. The van der Waals surface area contributed by atoms with Crippen LogP contribution in [0.3, 0.4) is 0 Å². The maximum atomic E-state index is 10.6. The molecule has 2 rings (SSSR count). The topological polar surface area (TPSA) is 47.3 Å². The fraction of sp³-hybridized carbons (Fsp3) is 0.700. The number of halogens is 1. The van der Waals surface area contributed by atoms with E-state index in [2.05, 4.69) is 21.0 Å². The van der Waals surface area contributed by atoms with Crippen molar-refractivity contribution >= 4 is 15.9 Å². The maximum absolute atomic E-state index is 10.6. The molecule has 0 spiro atoms. The SMILES string of the molecule is Cn1ncc(Br)c1C1(O)CCCOCC1. The van der Waals surface area contributed by atoms with Crippen molar-refractivity contribution in [3.8, 4) is 0 Å². The van der Waals surface area contributed by atoms with Crippen LogP contribution in [0.5, 0.6) is 0 Å². The highest BCUT2D eigenvalue weighted by atomic mass is 79.9. The largest absolute Gasteiger partial charge is 0.383 e. The summed E-state index contributed by atoms with van der Waals surface area (Å²) in [5.74, 6) is 0. The Bertz CT molecular complexity index is 324. The molecule has 1 atom stereocenters. The lowest BCUT2D eigenvalue weighted by molar-refractivity contribution is 0.00641. The molecule has 1 aliphatic rings. The Balaban J connectivity index is 2.34. The molecule has 5 heteroatoms. The Morgan fingerprint density at radius 1 is 1.53 bits per heavy atom. The van der Waals surface area contributed by atoms with E-state index in [1.807, 2.05) is 7.05 Å². The number of aryl methyl sites for hydroxylation is 1. The fourth-order valence-electron chi connectivity index (χ4n) is 2.11. The first-order valence-electron chi connectivity index (χ1n) is 5.11. The molecule has 1 unspecified atom stereocenters. The summed E-state index contributed by atoms with van der Waals surface area (Å²) in [4.78, 5) is 0. The lowest BCUT2D eigenvalue weighted by Crippen LogP contribution is -2.29. The molecule has 2 heterocycles. The number of rotatable bonds is 1. The van der Waals surface area contributed by atoms with E-state index in [9.17, 15) is 5.11 Å². The number of hydrogen-bond donors (Lipinski definition) is 1. The minimum absolute atomic E-state index is 0.605. The third-order valence-electron chi connectivity index (χ3n) is 2.87. The van der Waals surface area contributed by atoms with Gasteiger partial charge in [0.1, 0.15) is 5.60 Å². The smallest absolute Gasteiger partial charge is 0.110 e. The van der Waals surface area contributed by atoms with Crippen molar-refractivity contribution in [1.82, 2.24) is 9.78 Å². The second-order valence-electron chi connectivity index (χ2n) is 3.96. The molecule has 0 aliphatic carbocycles. The molecule has 1 fully saturated rings. The fourth-order valence-corrected chi connectivity index (χ4v) is 2.82. The van der Waals surface area contributed by atoms with Crippen molar-refractivity contribution in [1.29, 1.82) is 0 Å². The van der Waals surface area contributed by atoms with E-state index in [0.717, 1.165) is 29.6 Å². The van der Waals surface area contributed by atoms with Crippen LogP contribution in [0.2, 0.25) is 0 Å². The van der Waals surface area contributed by atoms with Gasteiger partial charge in [-0.05, 0) is 28.8 Å². The number of ether oxygens (including phenoxy) is 1. The van der Waals surface area contributed by atoms with E-state index in [1.54, 1.807) is 10.9 Å². The van der Waals surface area contributed by atoms with Gasteiger partial charge in [-0.2, -0.15) is 5.10 Å². The molecule has 1 saturated heterocycles. The van der Waals surface area contributed by atoms with Gasteiger partial charge in [-0.15, -0.1) is 0 Å². The van der Waals surface area contributed by atoms with Gasteiger partial charge in [0.2, 0.25) is 0 Å². The molecule has 0 saturated carbocycles. The average molecular weight is 275 g/mol. The zero-order valence-electron chi connectivity index (χ0n) is 8.74. The van der Waals surface area contributed by atoms with Crippen molar-refractivity contribution in [3.63, 3.8) is 0 Å². The lowest BCUT2D eigenvalue weighted by Gasteiger charge is -2.26. The van der Waals surface area contributed by atoms with Gasteiger partial charge in [0, 0.05) is 26.7 Å². The van der Waals surface area contributed by atoms with Gasteiger partial charge >= 0.3 is 0 Å². The summed E-state index contributed by atoms with van der Waals surface area (Å²) in [6, 6.07) is 0. The highest BCUT2D eigenvalue weighted by Gasteiger charge is 2.35. The number of hydrogen-bond acceptors (Lipinski definition) is 3. The first-order valence-corrected chi connectivity index (χ1v) is 5.91. The van der Waals surface area contributed by atoms with E-state index >= 15 is 0 Å². The van der Waals surface area contributed by atoms with E-state index in [1.165, 1.54) is 0 Å². The van der Waals surface area contributed by atoms with Crippen molar-refractivity contribution < 1.29 is 9.84 Å². The molecule has 15 heavy (non-hydrogen) atoms. The Labute approximate surface area is 97.4 Å². The first kappa shape index (κ1) is 11.1. The highest BCUT2D eigenvalue weighted by molar-refractivity contribution is 9.10. The quantitative estimate of drug-likeness (QED) is 0.846. The van der Waals surface area contributed by atoms with Gasteiger partial charge in [-0.1, -0.05) is 0 Å². The van der Waals surface area contributed by atoms with E-state index < -0.39 is 5.60 Å². The number of nitrogens with zero attached hydrogens (tertiary/aromatic N) is 2. The Hall–Kier alpha value is -0.390. The predicted molar refractivity (Wildman–Crippen MR) is 59.5 cm³/mol. The Morgan fingerprint density at radius 3 is 3.00 bits per heavy atom. The summed E-state index contributed by atoms with van der Waals surface area (Å²) >= 11 is 3.43. The maximum Gasteiger partial charge on any atom is 0.110 e. The molecule has 0 aromatic carbocycles. The minimum Gasteiger partial charge on any atom is -0.383 e. The first-order chi connectivity index (χ1) is 7.13. The average Bonchev–Trinajstić information content (AvgIpc) is 2.40. The van der Waals surface area contributed by atoms with E-state index in [0.29, 0.717) is 13.0 Å². The zero-order valence-corrected chi connectivity index (χ0v) is 10.3. The van der Waals surface area contributed by atoms with Crippen LogP contribution in [-0.4, -0.2) is 28.1 Å². The molecule has 1 aromatic heterocycles. The van der Waals surface area contributed by atoms with Crippen LogP contribution in [0, 0.1) is 0 Å². The summed E-state index contributed by atoms with van der Waals surface area (Å²) in [6.45, 7) is 1.34. The van der Waals surface area contributed by atoms with Crippen LogP contribution in [0.15, 0.2) is 10.7 Å². The number of aromatic nitrogens is 2. The highest BCUT2D eigenvalue weighted by Crippen LogP contribution is 2.35. The summed E-state index contributed by atoms with van der Waals surface area (Å²) < 4.78 is 7.96. The van der Waals surface area contributed by atoms with Crippen LogP contribution < -0.4 is 0 Å². The molecule has 0 bridgehead atoms. The normalized spacial score (nSPS) is 27.7. The van der Waals surface area contributed by atoms with Gasteiger partial charge in [-0.3, -0.25) is 4.68 Å². The predicted octanol–water partition coefficient (Wildman–Crippen LogP) is 1.57. The molecule has 0 radical (unpaired) electrons. The minimum atomic E-state index is -0.805. The second kappa shape index (κ2) is 4.23. The molecule has 1 N–H and O–H groups in total. The third-order valence-corrected chi connectivity index (χ3v) is 3.45. The Kier molecular flexibility index (Phi) is 3.13. The zero-order chi connectivity index (χ0) is 10.9. The van der Waals surface area contributed by atoms with Crippen molar-refractivity contribution in [2.45, 2.75) is 24.9 Å². The van der Waals surface area contributed by atoms with Gasteiger partial charge < -0.3 is 9.84 Å². The molecule has 0 amide bonds. The summed E-state index contributed by atoms with van der Waals surface area (Å²) in [5.41, 5.74) is 0.0497.